The Morgan fingerprint density at radius 1 is 0.556 bits per heavy atom. The van der Waals surface area contributed by atoms with Gasteiger partial charge in [-0.1, -0.05) is 0 Å². The summed E-state index contributed by atoms with van der Waals surface area (Å²) in [5, 5.41) is 1.51. The summed E-state index contributed by atoms with van der Waals surface area (Å²) in [7, 11) is 11.9. The van der Waals surface area contributed by atoms with Crippen LogP contribution in [-0.4, -0.2) is 21.3 Å². The van der Waals surface area contributed by atoms with Crippen molar-refractivity contribution in [3.8, 4) is 17.2 Å². The molecule has 0 atom stereocenters. The standard InChI is InChI=1S/C21H21O3P.Au.ClH/c1-22-16-4-10-19(11-5-16)25(20-12-6-17(23-2)7-13-20)21-14-8-18(24-3)9-15-21;;/h4-15H,1-3H3;;1H. The molecule has 0 heterocycles. The van der Waals surface area contributed by atoms with Gasteiger partial charge in [0.1, 0.15) is 0 Å². The maximum atomic E-state index is 6.81. The van der Waals surface area contributed by atoms with Crippen LogP contribution in [0.3, 0.4) is 0 Å². The molecule has 0 fully saturated rings. The average molecular weight is 586 g/mol. The summed E-state index contributed by atoms with van der Waals surface area (Å²) in [5.74, 6) is 2.53. The number of hydrogen-bond donors (Lipinski definition) is 0. The van der Waals surface area contributed by atoms with Crippen LogP contribution >= 0.6 is 14.3 Å². The predicted octanol–water partition coefficient (Wildman–Crippen LogP) is 3.89. The minimum absolute atomic E-state index is 0.501. The van der Waals surface area contributed by atoms with E-state index >= 15 is 0 Å². The predicted molar refractivity (Wildman–Crippen MR) is 112 cm³/mol. The summed E-state index contributed by atoms with van der Waals surface area (Å²) in [6.07, 6.45) is 0. The van der Waals surface area contributed by atoms with Crippen LogP contribution in [0.25, 0.3) is 0 Å². The summed E-state index contributed by atoms with van der Waals surface area (Å²) in [5.41, 5.74) is 0. The van der Waals surface area contributed by atoms with Crippen molar-refractivity contribution in [2.75, 3.05) is 21.3 Å². The van der Waals surface area contributed by atoms with Gasteiger partial charge in [0.05, 0.1) is 0 Å². The van der Waals surface area contributed by atoms with Gasteiger partial charge in [0.2, 0.25) is 0 Å². The van der Waals surface area contributed by atoms with Gasteiger partial charge in [0.15, 0.2) is 0 Å². The SMILES string of the molecule is COc1ccc([PH]([Au][Cl])(c2ccc(OC)cc2)c2ccc(OC)cc2)cc1. The zero-order valence-electron chi connectivity index (χ0n) is 15.3. The second kappa shape index (κ2) is 9.14. The molecule has 27 heavy (non-hydrogen) atoms. The number of halogens is 1. The Bertz CT molecular complexity index is 752. The van der Waals surface area contributed by atoms with Crippen molar-refractivity contribution in [1.29, 1.82) is 0 Å². The van der Waals surface area contributed by atoms with E-state index in [0.717, 1.165) is 17.2 Å². The van der Waals surface area contributed by atoms with Gasteiger partial charge in [-0.05, 0) is 0 Å². The van der Waals surface area contributed by atoms with Crippen molar-refractivity contribution in [3.63, 3.8) is 0 Å². The van der Waals surface area contributed by atoms with Gasteiger partial charge in [0, 0.05) is 0 Å². The Morgan fingerprint density at radius 2 is 0.815 bits per heavy atom. The van der Waals surface area contributed by atoms with Crippen LogP contribution in [0.15, 0.2) is 72.8 Å². The summed E-state index contributed by atoms with van der Waals surface area (Å²) in [4.78, 5) is 0. The van der Waals surface area contributed by atoms with Gasteiger partial charge in [-0.3, -0.25) is 0 Å². The molecule has 0 saturated carbocycles. The number of benzene rings is 3. The Balaban J connectivity index is 2.20. The number of ether oxygens (including phenoxy) is 3. The van der Waals surface area contributed by atoms with E-state index in [1.165, 1.54) is 15.9 Å². The van der Waals surface area contributed by atoms with Crippen LogP contribution in [-0.2, 0) is 18.1 Å². The summed E-state index contributed by atoms with van der Waals surface area (Å²) < 4.78 is 16.0. The molecule has 6 heteroatoms. The molecule has 0 saturated heterocycles. The molecule has 0 aliphatic carbocycles. The van der Waals surface area contributed by atoms with E-state index in [4.69, 9.17) is 23.4 Å². The molecule has 0 amide bonds. The third-order valence-corrected chi connectivity index (χ3v) is 19.6. The first-order valence-electron chi connectivity index (χ1n) is 8.32. The number of rotatable bonds is 7. The van der Waals surface area contributed by atoms with Crippen molar-refractivity contribution in [2.45, 2.75) is 0 Å². The normalized spacial score (nSPS) is 11.9. The molecule has 3 aromatic rings. The molecule has 0 radical (unpaired) electrons. The first kappa shape index (κ1) is 20.3. The first-order valence-corrected chi connectivity index (χ1v) is 16.1. The van der Waals surface area contributed by atoms with E-state index in [-0.39, 0.29) is 0 Å². The zero-order valence-corrected chi connectivity index (χ0v) is 19.3. The van der Waals surface area contributed by atoms with Gasteiger partial charge in [-0.2, -0.15) is 0 Å². The van der Waals surface area contributed by atoms with Crippen molar-refractivity contribution in [3.05, 3.63) is 72.8 Å². The van der Waals surface area contributed by atoms with E-state index in [9.17, 15) is 0 Å². The maximum absolute atomic E-state index is 6.81. The molecular weight excluding hydrogens is 564 g/mol. The first-order chi connectivity index (χ1) is 13.2. The fraction of sp³-hybridized carbons (Fsp3) is 0.143. The monoisotopic (exact) mass is 585 g/mol. The van der Waals surface area contributed by atoms with Crippen LogP contribution in [0.4, 0.5) is 0 Å². The molecule has 3 rings (SSSR count). The molecule has 0 unspecified atom stereocenters. The van der Waals surface area contributed by atoms with E-state index in [1.54, 1.807) is 21.3 Å². The van der Waals surface area contributed by atoms with Crippen LogP contribution in [0.1, 0.15) is 0 Å². The van der Waals surface area contributed by atoms with E-state index in [0.29, 0.717) is 0 Å². The Hall–Kier alpha value is -1.48. The quantitative estimate of drug-likeness (QED) is 0.311. The summed E-state index contributed by atoms with van der Waals surface area (Å²) in [6, 6.07) is 25.0. The molecule has 147 valence electrons. The molecule has 3 nitrogen and oxygen atoms in total. The van der Waals surface area contributed by atoms with Gasteiger partial charge < -0.3 is 0 Å². The van der Waals surface area contributed by atoms with Gasteiger partial charge in [-0.15, -0.1) is 0 Å². The molecule has 0 aromatic heterocycles. The third-order valence-electron chi connectivity index (χ3n) is 4.48. The van der Waals surface area contributed by atoms with Crippen molar-refractivity contribution in [1.82, 2.24) is 0 Å². The minimum atomic E-state index is -2.31. The van der Waals surface area contributed by atoms with Gasteiger partial charge in [-0.25, -0.2) is 0 Å². The topological polar surface area (TPSA) is 27.7 Å². The third kappa shape index (κ3) is 4.03. The molecule has 0 aliphatic rings. The number of methoxy groups -OCH3 is 3. The van der Waals surface area contributed by atoms with Gasteiger partial charge >= 0.3 is 174 Å². The van der Waals surface area contributed by atoms with E-state index < -0.39 is 23.3 Å². The van der Waals surface area contributed by atoms with Gasteiger partial charge in [0.25, 0.3) is 0 Å². The molecular formula is C21H22AuClO3P. The average Bonchev–Trinajstić information content (AvgIpc) is 2.76. The Kier molecular flexibility index (Phi) is 6.86. The van der Waals surface area contributed by atoms with Crippen LogP contribution < -0.4 is 30.1 Å². The van der Waals surface area contributed by atoms with Crippen molar-refractivity contribution < 1.29 is 32.4 Å². The summed E-state index contributed by atoms with van der Waals surface area (Å²) >= 11 is -0.501. The van der Waals surface area contributed by atoms with Crippen LogP contribution in [0, 0.1) is 0 Å². The molecule has 0 aliphatic heterocycles. The Morgan fingerprint density at radius 3 is 1.00 bits per heavy atom. The number of hydrogen-bond acceptors (Lipinski definition) is 3. The van der Waals surface area contributed by atoms with E-state index in [1.807, 2.05) is 36.4 Å². The zero-order chi connectivity index (χ0) is 19.3. The molecule has 0 bridgehead atoms. The molecule has 0 N–H and O–H groups in total. The Labute approximate surface area is 173 Å². The van der Waals surface area contributed by atoms with Crippen molar-refractivity contribution in [2.24, 2.45) is 0 Å². The molecule has 0 spiro atoms. The van der Waals surface area contributed by atoms with E-state index in [2.05, 4.69) is 36.4 Å². The second-order valence-electron chi connectivity index (χ2n) is 5.84. The molecule has 3 aromatic carbocycles. The van der Waals surface area contributed by atoms with Crippen LogP contribution in [0.2, 0.25) is 0 Å². The van der Waals surface area contributed by atoms with Crippen molar-refractivity contribution >= 4 is 30.3 Å². The van der Waals surface area contributed by atoms with Crippen LogP contribution in [0.5, 0.6) is 17.2 Å². The summed E-state index contributed by atoms with van der Waals surface area (Å²) in [6.45, 7) is 0. The fourth-order valence-corrected chi connectivity index (χ4v) is 16.2. The second-order valence-corrected chi connectivity index (χ2v) is 17.8. The fourth-order valence-electron chi connectivity index (χ4n) is 3.02.